The zero-order valence-corrected chi connectivity index (χ0v) is 11.9. The Morgan fingerprint density at radius 1 is 1.21 bits per heavy atom. The summed E-state index contributed by atoms with van der Waals surface area (Å²) in [5.74, 6) is 0. The van der Waals surface area contributed by atoms with Crippen molar-refractivity contribution in [1.29, 1.82) is 0 Å². The fraction of sp³-hybridized carbons (Fsp3) is 0.143. The van der Waals surface area contributed by atoms with Crippen molar-refractivity contribution in [3.8, 4) is 0 Å². The summed E-state index contributed by atoms with van der Waals surface area (Å²) in [6.07, 6.45) is 3.64. The van der Waals surface area contributed by atoms with Crippen LogP contribution in [0.5, 0.6) is 0 Å². The van der Waals surface area contributed by atoms with E-state index in [0.717, 1.165) is 16.8 Å². The quantitative estimate of drug-likeness (QED) is 0.721. The molecular formula is C14H12ClN3S. The summed E-state index contributed by atoms with van der Waals surface area (Å²) in [6.45, 7) is 2.10. The summed E-state index contributed by atoms with van der Waals surface area (Å²) in [5, 5.41) is 5.94. The van der Waals surface area contributed by atoms with Gasteiger partial charge in [-0.05, 0) is 42.1 Å². The number of hydrogen-bond acceptors (Lipinski definition) is 4. The van der Waals surface area contributed by atoms with Crippen LogP contribution in [0.25, 0.3) is 10.2 Å². The number of halogens is 1. The van der Waals surface area contributed by atoms with E-state index < -0.39 is 0 Å². The van der Waals surface area contributed by atoms with Crippen LogP contribution in [0.3, 0.4) is 0 Å². The molecule has 0 aromatic carbocycles. The van der Waals surface area contributed by atoms with Crippen LogP contribution < -0.4 is 5.32 Å². The van der Waals surface area contributed by atoms with E-state index in [-0.39, 0.29) is 6.04 Å². The Morgan fingerprint density at radius 2 is 2.11 bits per heavy atom. The van der Waals surface area contributed by atoms with Gasteiger partial charge in [0.05, 0.1) is 28.1 Å². The fourth-order valence-corrected chi connectivity index (χ4v) is 2.79. The minimum atomic E-state index is 0.168. The molecule has 0 saturated heterocycles. The van der Waals surface area contributed by atoms with Crippen LogP contribution in [0.2, 0.25) is 5.15 Å². The van der Waals surface area contributed by atoms with Crippen molar-refractivity contribution in [3.05, 3.63) is 52.8 Å². The summed E-state index contributed by atoms with van der Waals surface area (Å²) < 4.78 is 1.21. The number of pyridine rings is 2. The van der Waals surface area contributed by atoms with Gasteiger partial charge in [-0.2, -0.15) is 0 Å². The minimum Gasteiger partial charge on any atom is -0.377 e. The van der Waals surface area contributed by atoms with E-state index in [4.69, 9.17) is 11.6 Å². The van der Waals surface area contributed by atoms with Crippen molar-refractivity contribution in [2.45, 2.75) is 13.0 Å². The first-order valence-electron chi connectivity index (χ1n) is 5.93. The first kappa shape index (κ1) is 12.4. The summed E-state index contributed by atoms with van der Waals surface area (Å²) in [4.78, 5) is 8.51. The molecular weight excluding hydrogens is 278 g/mol. The van der Waals surface area contributed by atoms with Crippen molar-refractivity contribution in [2.24, 2.45) is 0 Å². The van der Waals surface area contributed by atoms with Gasteiger partial charge in [0.15, 0.2) is 0 Å². The zero-order chi connectivity index (χ0) is 13.2. The number of hydrogen-bond donors (Lipinski definition) is 1. The third kappa shape index (κ3) is 2.69. The number of nitrogens with one attached hydrogen (secondary N) is 1. The Balaban J connectivity index is 1.82. The highest BCUT2D eigenvalue weighted by Gasteiger charge is 2.07. The molecule has 0 saturated carbocycles. The number of anilines is 1. The first-order valence-corrected chi connectivity index (χ1v) is 7.19. The van der Waals surface area contributed by atoms with Crippen LogP contribution in [0.15, 0.2) is 42.0 Å². The lowest BCUT2D eigenvalue weighted by Crippen LogP contribution is -2.07. The Hall–Kier alpha value is -1.65. The Kier molecular flexibility index (Phi) is 3.36. The average molecular weight is 290 g/mol. The van der Waals surface area contributed by atoms with Crippen molar-refractivity contribution >= 4 is 38.8 Å². The van der Waals surface area contributed by atoms with Gasteiger partial charge in [-0.1, -0.05) is 11.6 Å². The molecule has 3 rings (SSSR count). The third-order valence-electron chi connectivity index (χ3n) is 2.93. The smallest absolute Gasteiger partial charge is 0.129 e. The number of aromatic nitrogens is 2. The fourth-order valence-electron chi connectivity index (χ4n) is 1.89. The SMILES string of the molecule is CC(Nc1ccc(Cl)nc1)c1cnc2ccsc2c1. The highest BCUT2D eigenvalue weighted by Crippen LogP contribution is 2.24. The molecule has 3 nitrogen and oxygen atoms in total. The van der Waals surface area contributed by atoms with Gasteiger partial charge in [0.2, 0.25) is 0 Å². The maximum Gasteiger partial charge on any atom is 0.129 e. The van der Waals surface area contributed by atoms with Gasteiger partial charge in [-0.3, -0.25) is 4.98 Å². The minimum absolute atomic E-state index is 0.168. The second-order valence-corrected chi connectivity index (χ2v) is 5.64. The number of fused-ring (bicyclic) bond motifs is 1. The lowest BCUT2D eigenvalue weighted by Gasteiger charge is -2.15. The molecule has 1 atom stereocenters. The lowest BCUT2D eigenvalue weighted by molar-refractivity contribution is 0.878. The van der Waals surface area contributed by atoms with Crippen LogP contribution in [0.1, 0.15) is 18.5 Å². The monoisotopic (exact) mass is 289 g/mol. The molecule has 96 valence electrons. The topological polar surface area (TPSA) is 37.8 Å². The van der Waals surface area contributed by atoms with Crippen molar-refractivity contribution in [3.63, 3.8) is 0 Å². The van der Waals surface area contributed by atoms with Crippen LogP contribution in [-0.4, -0.2) is 9.97 Å². The van der Waals surface area contributed by atoms with Gasteiger partial charge in [0.1, 0.15) is 5.15 Å². The molecule has 19 heavy (non-hydrogen) atoms. The Labute approximate surface area is 120 Å². The molecule has 5 heteroatoms. The van der Waals surface area contributed by atoms with E-state index in [0.29, 0.717) is 5.15 Å². The molecule has 1 unspecified atom stereocenters. The molecule has 3 aromatic heterocycles. The van der Waals surface area contributed by atoms with E-state index in [2.05, 4.69) is 33.7 Å². The third-order valence-corrected chi connectivity index (χ3v) is 4.01. The average Bonchev–Trinajstić information content (AvgIpc) is 2.88. The van der Waals surface area contributed by atoms with Crippen molar-refractivity contribution in [2.75, 3.05) is 5.32 Å². The molecule has 0 radical (unpaired) electrons. The molecule has 0 amide bonds. The summed E-state index contributed by atoms with van der Waals surface area (Å²) in [7, 11) is 0. The predicted molar refractivity (Wildman–Crippen MR) is 80.9 cm³/mol. The van der Waals surface area contributed by atoms with Gasteiger partial charge in [0, 0.05) is 6.20 Å². The summed E-state index contributed by atoms with van der Waals surface area (Å²) >= 11 is 7.48. The maximum absolute atomic E-state index is 5.77. The van der Waals surface area contributed by atoms with Crippen molar-refractivity contribution in [1.82, 2.24) is 9.97 Å². The van der Waals surface area contributed by atoms with Gasteiger partial charge in [-0.25, -0.2) is 4.98 Å². The number of rotatable bonds is 3. The Morgan fingerprint density at radius 3 is 2.89 bits per heavy atom. The van der Waals surface area contributed by atoms with E-state index in [1.54, 1.807) is 23.6 Å². The second-order valence-electron chi connectivity index (χ2n) is 4.31. The Bertz CT molecular complexity index is 693. The number of nitrogens with zero attached hydrogens (tertiary/aromatic N) is 2. The molecule has 1 N–H and O–H groups in total. The molecule has 0 spiro atoms. The second kappa shape index (κ2) is 5.15. The zero-order valence-electron chi connectivity index (χ0n) is 10.3. The van der Waals surface area contributed by atoms with Gasteiger partial charge < -0.3 is 5.32 Å². The first-order chi connectivity index (χ1) is 9.22. The van der Waals surface area contributed by atoms with E-state index in [1.165, 1.54) is 4.70 Å². The predicted octanol–water partition coefficient (Wildman–Crippen LogP) is 4.52. The molecule has 0 bridgehead atoms. The van der Waals surface area contributed by atoms with Crippen LogP contribution in [0, 0.1) is 0 Å². The highest BCUT2D eigenvalue weighted by molar-refractivity contribution is 7.17. The standard InChI is InChI=1S/C14H12ClN3S/c1-9(18-11-2-3-14(15)17-8-11)10-6-13-12(16-7-10)4-5-19-13/h2-9,18H,1H3. The van der Waals surface area contributed by atoms with Crippen molar-refractivity contribution < 1.29 is 0 Å². The number of thiophene rings is 1. The van der Waals surface area contributed by atoms with Crippen LogP contribution in [0.4, 0.5) is 5.69 Å². The van der Waals surface area contributed by atoms with Gasteiger partial charge in [-0.15, -0.1) is 11.3 Å². The molecule has 3 heterocycles. The summed E-state index contributed by atoms with van der Waals surface area (Å²) in [6, 6.07) is 8.07. The largest absolute Gasteiger partial charge is 0.377 e. The molecule has 0 aliphatic heterocycles. The molecule has 0 aliphatic carbocycles. The van der Waals surface area contributed by atoms with Crippen LogP contribution >= 0.6 is 22.9 Å². The lowest BCUT2D eigenvalue weighted by atomic mass is 10.1. The molecule has 0 fully saturated rings. The van der Waals surface area contributed by atoms with E-state index in [1.807, 2.05) is 18.3 Å². The van der Waals surface area contributed by atoms with Gasteiger partial charge in [0.25, 0.3) is 0 Å². The van der Waals surface area contributed by atoms with Gasteiger partial charge >= 0.3 is 0 Å². The summed E-state index contributed by atoms with van der Waals surface area (Å²) in [5.41, 5.74) is 3.15. The van der Waals surface area contributed by atoms with Crippen LogP contribution in [-0.2, 0) is 0 Å². The maximum atomic E-state index is 5.77. The molecule has 3 aromatic rings. The molecule has 0 aliphatic rings. The highest BCUT2D eigenvalue weighted by atomic mass is 35.5. The van der Waals surface area contributed by atoms with E-state index >= 15 is 0 Å². The van der Waals surface area contributed by atoms with E-state index in [9.17, 15) is 0 Å². The normalized spacial score (nSPS) is 12.5.